The normalized spacial score (nSPS) is 22.9. The fraction of sp³-hybridized carbons (Fsp3) is 0.929. The molecule has 1 heterocycles. The van der Waals surface area contributed by atoms with Crippen molar-refractivity contribution < 1.29 is 9.53 Å². The summed E-state index contributed by atoms with van der Waals surface area (Å²) in [5, 5.41) is 3.19. The predicted molar refractivity (Wildman–Crippen MR) is 77.0 cm³/mol. The minimum Gasteiger partial charge on any atom is -0.373 e. The summed E-state index contributed by atoms with van der Waals surface area (Å²) in [7, 11) is 0. The fourth-order valence-corrected chi connectivity index (χ4v) is 2.65. The van der Waals surface area contributed by atoms with Crippen LogP contribution in [0, 0.1) is 0 Å². The first-order valence-electron chi connectivity index (χ1n) is 7.20. The lowest BCUT2D eigenvalue weighted by Gasteiger charge is -2.38. The van der Waals surface area contributed by atoms with Gasteiger partial charge in [-0.05, 0) is 46.7 Å². The Kier molecular flexibility index (Phi) is 5.77. The number of nitrogens with one attached hydrogen (secondary N) is 1. The van der Waals surface area contributed by atoms with Gasteiger partial charge in [-0.3, -0.25) is 9.69 Å². The molecule has 0 aromatic carbocycles. The van der Waals surface area contributed by atoms with Crippen LogP contribution in [0.25, 0.3) is 0 Å². The summed E-state index contributed by atoms with van der Waals surface area (Å²) in [6.07, 6.45) is 1.73. The third-order valence-electron chi connectivity index (χ3n) is 3.77. The van der Waals surface area contributed by atoms with Crippen LogP contribution in [0.4, 0.5) is 0 Å². The van der Waals surface area contributed by atoms with Gasteiger partial charge in [-0.1, -0.05) is 6.92 Å². The molecule has 1 fully saturated rings. The molecule has 1 aliphatic rings. The zero-order chi connectivity index (χ0) is 14.5. The second kappa shape index (κ2) is 6.68. The van der Waals surface area contributed by atoms with E-state index in [9.17, 15) is 4.79 Å². The van der Waals surface area contributed by atoms with Gasteiger partial charge in [-0.2, -0.15) is 0 Å². The molecule has 1 rings (SSSR count). The van der Waals surface area contributed by atoms with Crippen molar-refractivity contribution >= 4 is 5.91 Å². The molecule has 1 atom stereocenters. The lowest BCUT2D eigenvalue weighted by molar-refractivity contribution is -0.124. The van der Waals surface area contributed by atoms with Crippen molar-refractivity contribution in [2.24, 2.45) is 5.73 Å². The van der Waals surface area contributed by atoms with Gasteiger partial charge in [0.25, 0.3) is 0 Å². The second-order valence-electron chi connectivity index (χ2n) is 6.21. The molecular weight excluding hydrogens is 242 g/mol. The summed E-state index contributed by atoms with van der Waals surface area (Å²) in [5.41, 5.74) is 4.83. The Balaban J connectivity index is 2.38. The number of nitrogens with two attached hydrogens (primary N) is 1. The number of hydrogen-bond donors (Lipinski definition) is 2. The van der Waals surface area contributed by atoms with Crippen molar-refractivity contribution in [1.29, 1.82) is 0 Å². The van der Waals surface area contributed by atoms with Crippen molar-refractivity contribution in [2.75, 3.05) is 32.8 Å². The molecule has 112 valence electrons. The highest BCUT2D eigenvalue weighted by atomic mass is 16.5. The Bertz CT molecular complexity index is 307. The van der Waals surface area contributed by atoms with E-state index >= 15 is 0 Å². The SMILES string of the molecule is CCNC(C)(CCCN1CCOC(C)(C)C1)C(N)=O. The van der Waals surface area contributed by atoms with Gasteiger partial charge in [-0.25, -0.2) is 0 Å². The fourth-order valence-electron chi connectivity index (χ4n) is 2.65. The Morgan fingerprint density at radius 3 is 2.74 bits per heavy atom. The van der Waals surface area contributed by atoms with Crippen molar-refractivity contribution in [3.63, 3.8) is 0 Å². The topological polar surface area (TPSA) is 67.6 Å². The first-order chi connectivity index (χ1) is 8.79. The molecule has 19 heavy (non-hydrogen) atoms. The molecular formula is C14H29N3O2. The Morgan fingerprint density at radius 1 is 1.53 bits per heavy atom. The number of morpholine rings is 1. The second-order valence-corrected chi connectivity index (χ2v) is 6.21. The molecule has 0 bridgehead atoms. The van der Waals surface area contributed by atoms with Gasteiger partial charge in [0, 0.05) is 13.1 Å². The molecule has 5 nitrogen and oxygen atoms in total. The number of ether oxygens (including phenoxy) is 1. The van der Waals surface area contributed by atoms with Crippen LogP contribution in [0.15, 0.2) is 0 Å². The van der Waals surface area contributed by atoms with Crippen LogP contribution in [0.3, 0.4) is 0 Å². The van der Waals surface area contributed by atoms with E-state index in [1.807, 2.05) is 13.8 Å². The van der Waals surface area contributed by atoms with Crippen LogP contribution in [0.5, 0.6) is 0 Å². The van der Waals surface area contributed by atoms with Gasteiger partial charge in [0.2, 0.25) is 5.91 Å². The highest BCUT2D eigenvalue weighted by molar-refractivity contribution is 5.84. The Labute approximate surface area is 116 Å². The van der Waals surface area contributed by atoms with Crippen molar-refractivity contribution in [2.45, 2.75) is 51.7 Å². The Hall–Kier alpha value is -0.650. The highest BCUT2D eigenvalue weighted by Crippen LogP contribution is 2.18. The molecule has 5 heteroatoms. The summed E-state index contributed by atoms with van der Waals surface area (Å²) in [6.45, 7) is 12.6. The van der Waals surface area contributed by atoms with Gasteiger partial charge in [0.15, 0.2) is 0 Å². The van der Waals surface area contributed by atoms with Crippen LogP contribution in [0.2, 0.25) is 0 Å². The van der Waals surface area contributed by atoms with E-state index in [0.717, 1.165) is 45.6 Å². The average Bonchev–Trinajstić information content (AvgIpc) is 2.27. The number of rotatable bonds is 7. The highest BCUT2D eigenvalue weighted by Gasteiger charge is 2.31. The first kappa shape index (κ1) is 16.4. The van der Waals surface area contributed by atoms with Crippen molar-refractivity contribution in [3.8, 4) is 0 Å². The van der Waals surface area contributed by atoms with E-state index < -0.39 is 5.54 Å². The number of primary amides is 1. The van der Waals surface area contributed by atoms with Gasteiger partial charge in [0.05, 0.1) is 17.7 Å². The molecule has 1 saturated heterocycles. The van der Waals surface area contributed by atoms with E-state index in [-0.39, 0.29) is 11.5 Å². The van der Waals surface area contributed by atoms with Gasteiger partial charge in [0.1, 0.15) is 0 Å². The first-order valence-corrected chi connectivity index (χ1v) is 7.20. The van der Waals surface area contributed by atoms with Crippen molar-refractivity contribution in [3.05, 3.63) is 0 Å². The molecule has 1 unspecified atom stereocenters. The maximum absolute atomic E-state index is 11.5. The predicted octanol–water partition coefficient (Wildman–Crippen LogP) is 0.731. The third-order valence-corrected chi connectivity index (χ3v) is 3.77. The van der Waals surface area contributed by atoms with Crippen molar-refractivity contribution in [1.82, 2.24) is 10.2 Å². The van der Waals surface area contributed by atoms with Crippen LogP contribution in [0.1, 0.15) is 40.5 Å². The van der Waals surface area contributed by atoms with E-state index in [4.69, 9.17) is 10.5 Å². The van der Waals surface area contributed by atoms with Gasteiger partial charge < -0.3 is 15.8 Å². The summed E-state index contributed by atoms with van der Waals surface area (Å²) < 4.78 is 5.69. The molecule has 1 aliphatic heterocycles. The number of likely N-dealkylation sites (N-methyl/N-ethyl adjacent to an activating group) is 1. The number of amides is 1. The molecule has 0 aliphatic carbocycles. The summed E-state index contributed by atoms with van der Waals surface area (Å²) in [6, 6.07) is 0. The largest absolute Gasteiger partial charge is 0.373 e. The minimum absolute atomic E-state index is 0.0626. The number of nitrogens with zero attached hydrogens (tertiary/aromatic N) is 1. The molecule has 0 spiro atoms. The van der Waals surface area contributed by atoms with E-state index in [1.165, 1.54) is 0 Å². The van der Waals surface area contributed by atoms with E-state index in [1.54, 1.807) is 0 Å². The molecule has 0 saturated carbocycles. The average molecular weight is 271 g/mol. The molecule has 0 aromatic rings. The smallest absolute Gasteiger partial charge is 0.237 e. The maximum Gasteiger partial charge on any atom is 0.237 e. The van der Waals surface area contributed by atoms with Crippen LogP contribution in [-0.2, 0) is 9.53 Å². The monoisotopic (exact) mass is 271 g/mol. The zero-order valence-electron chi connectivity index (χ0n) is 12.8. The van der Waals surface area contributed by atoms with E-state index in [2.05, 4.69) is 24.1 Å². The van der Waals surface area contributed by atoms with Crippen LogP contribution in [-0.4, -0.2) is 54.7 Å². The number of carbonyl (C=O) groups is 1. The summed E-state index contributed by atoms with van der Waals surface area (Å²) in [4.78, 5) is 13.9. The standard InChI is InChI=1S/C14H29N3O2/c1-5-16-14(4,12(15)18)7-6-8-17-9-10-19-13(2,3)11-17/h16H,5-11H2,1-4H3,(H2,15,18). The maximum atomic E-state index is 11.5. The molecule has 0 aromatic heterocycles. The van der Waals surface area contributed by atoms with Crippen LogP contribution >= 0.6 is 0 Å². The van der Waals surface area contributed by atoms with Crippen LogP contribution < -0.4 is 11.1 Å². The third kappa shape index (κ3) is 5.09. The number of carbonyl (C=O) groups excluding carboxylic acids is 1. The lowest BCUT2D eigenvalue weighted by atomic mass is 9.94. The molecule has 0 radical (unpaired) electrons. The summed E-state index contributed by atoms with van der Waals surface area (Å²) in [5.74, 6) is -0.267. The number of hydrogen-bond acceptors (Lipinski definition) is 4. The molecule has 3 N–H and O–H groups in total. The molecule has 1 amide bonds. The summed E-state index contributed by atoms with van der Waals surface area (Å²) >= 11 is 0. The van der Waals surface area contributed by atoms with Gasteiger partial charge in [-0.15, -0.1) is 0 Å². The lowest BCUT2D eigenvalue weighted by Crippen LogP contribution is -2.53. The van der Waals surface area contributed by atoms with Gasteiger partial charge >= 0.3 is 0 Å². The zero-order valence-corrected chi connectivity index (χ0v) is 12.8. The Morgan fingerprint density at radius 2 is 2.21 bits per heavy atom. The minimum atomic E-state index is -0.587. The quantitative estimate of drug-likeness (QED) is 0.716. The van der Waals surface area contributed by atoms with E-state index in [0.29, 0.717) is 0 Å².